The molecule has 0 saturated carbocycles. The summed E-state index contributed by atoms with van der Waals surface area (Å²) in [6.07, 6.45) is 1.31. The Morgan fingerprint density at radius 2 is 1.90 bits per heavy atom. The van der Waals surface area contributed by atoms with Gasteiger partial charge in [0.2, 0.25) is 5.91 Å². The molecule has 1 rings (SSSR count). The van der Waals surface area contributed by atoms with E-state index < -0.39 is 5.54 Å². The molecule has 6 heteroatoms. The number of amidine groups is 1. The van der Waals surface area contributed by atoms with Crippen LogP contribution in [0.2, 0.25) is 5.02 Å². The monoisotopic (exact) mass is 297 g/mol. The molecule has 1 amide bonds. The number of halogens is 1. The molecule has 0 unspecified atom stereocenters. The standard InChI is InChI=1S/C14H20ClN3O2/c1-3-14(4-2,13(16)18-20)17-12(19)9-10-5-7-11(15)8-6-10/h5-8,20H,3-4,9H2,1-2H3,(H2,16,18)(H,17,19). The summed E-state index contributed by atoms with van der Waals surface area (Å²) in [4.78, 5) is 12.1. The van der Waals surface area contributed by atoms with Crippen molar-refractivity contribution in [1.82, 2.24) is 5.32 Å². The number of oxime groups is 1. The number of nitrogens with zero attached hydrogens (tertiary/aromatic N) is 1. The van der Waals surface area contributed by atoms with Gasteiger partial charge in [-0.05, 0) is 30.5 Å². The normalized spacial score (nSPS) is 12.2. The third kappa shape index (κ3) is 3.87. The highest BCUT2D eigenvalue weighted by Gasteiger charge is 2.33. The average molecular weight is 298 g/mol. The quantitative estimate of drug-likeness (QED) is 0.326. The molecule has 0 aliphatic carbocycles. The van der Waals surface area contributed by atoms with Crippen LogP contribution in [0.4, 0.5) is 0 Å². The molecule has 1 aromatic carbocycles. The Bertz CT molecular complexity index is 482. The van der Waals surface area contributed by atoms with Crippen LogP contribution in [0.5, 0.6) is 0 Å². The zero-order chi connectivity index (χ0) is 15.2. The Labute approximate surface area is 123 Å². The van der Waals surface area contributed by atoms with Crippen LogP contribution in [0, 0.1) is 0 Å². The lowest BCUT2D eigenvalue weighted by Gasteiger charge is -2.31. The number of hydrogen-bond acceptors (Lipinski definition) is 3. The van der Waals surface area contributed by atoms with E-state index in [9.17, 15) is 4.79 Å². The number of nitrogens with two attached hydrogens (primary N) is 1. The predicted octanol–water partition coefficient (Wildman–Crippen LogP) is 2.30. The molecule has 0 heterocycles. The number of amides is 1. The van der Waals surface area contributed by atoms with Crippen LogP contribution in [-0.2, 0) is 11.2 Å². The molecule has 4 N–H and O–H groups in total. The van der Waals surface area contributed by atoms with Crippen LogP contribution in [0.1, 0.15) is 32.3 Å². The summed E-state index contributed by atoms with van der Waals surface area (Å²) in [6, 6.07) is 7.07. The molecular formula is C14H20ClN3O2. The number of benzene rings is 1. The van der Waals surface area contributed by atoms with E-state index in [1.165, 1.54) is 0 Å². The maximum absolute atomic E-state index is 12.1. The van der Waals surface area contributed by atoms with E-state index in [0.29, 0.717) is 17.9 Å². The summed E-state index contributed by atoms with van der Waals surface area (Å²) in [5, 5.41) is 15.4. The molecule has 0 radical (unpaired) electrons. The van der Waals surface area contributed by atoms with E-state index in [1.54, 1.807) is 24.3 Å². The maximum Gasteiger partial charge on any atom is 0.225 e. The molecule has 0 aromatic heterocycles. The van der Waals surface area contributed by atoms with Gasteiger partial charge in [0.05, 0.1) is 6.42 Å². The Kier molecular flexibility index (Phi) is 5.82. The fourth-order valence-electron chi connectivity index (χ4n) is 2.05. The lowest BCUT2D eigenvalue weighted by molar-refractivity contribution is -0.121. The number of nitrogens with one attached hydrogen (secondary N) is 1. The summed E-state index contributed by atoms with van der Waals surface area (Å²) < 4.78 is 0. The summed E-state index contributed by atoms with van der Waals surface area (Å²) in [5.74, 6) is -0.158. The fourth-order valence-corrected chi connectivity index (χ4v) is 2.17. The Morgan fingerprint density at radius 1 is 1.35 bits per heavy atom. The van der Waals surface area contributed by atoms with Gasteiger partial charge in [-0.2, -0.15) is 0 Å². The second-order valence-corrected chi connectivity index (χ2v) is 5.06. The molecule has 5 nitrogen and oxygen atoms in total. The molecule has 0 aliphatic heterocycles. The van der Waals surface area contributed by atoms with E-state index in [1.807, 2.05) is 13.8 Å². The second-order valence-electron chi connectivity index (χ2n) is 4.63. The number of carbonyl (C=O) groups excluding carboxylic acids is 1. The molecule has 0 fully saturated rings. The van der Waals surface area contributed by atoms with Gasteiger partial charge in [0, 0.05) is 5.02 Å². The van der Waals surface area contributed by atoms with Crippen molar-refractivity contribution in [2.45, 2.75) is 38.6 Å². The molecule has 0 bridgehead atoms. The van der Waals surface area contributed by atoms with Crippen molar-refractivity contribution >= 4 is 23.3 Å². The van der Waals surface area contributed by atoms with E-state index in [4.69, 9.17) is 22.5 Å². The van der Waals surface area contributed by atoms with Crippen molar-refractivity contribution in [3.05, 3.63) is 34.9 Å². The van der Waals surface area contributed by atoms with Crippen LogP contribution >= 0.6 is 11.6 Å². The van der Waals surface area contributed by atoms with Crippen LogP contribution in [0.3, 0.4) is 0 Å². The Hall–Kier alpha value is -1.75. The molecule has 0 atom stereocenters. The molecule has 20 heavy (non-hydrogen) atoms. The minimum atomic E-state index is -0.807. The van der Waals surface area contributed by atoms with Gasteiger partial charge < -0.3 is 16.3 Å². The molecule has 0 saturated heterocycles. The minimum Gasteiger partial charge on any atom is -0.409 e. The van der Waals surface area contributed by atoms with Crippen molar-refractivity contribution in [3.8, 4) is 0 Å². The number of carbonyl (C=O) groups is 1. The van der Waals surface area contributed by atoms with E-state index in [-0.39, 0.29) is 18.2 Å². The van der Waals surface area contributed by atoms with Crippen LogP contribution in [-0.4, -0.2) is 22.5 Å². The van der Waals surface area contributed by atoms with E-state index in [2.05, 4.69) is 10.5 Å². The van der Waals surface area contributed by atoms with Gasteiger partial charge in [-0.3, -0.25) is 4.79 Å². The Balaban J connectivity index is 2.79. The predicted molar refractivity (Wildman–Crippen MR) is 80.0 cm³/mol. The van der Waals surface area contributed by atoms with Gasteiger partial charge in [-0.25, -0.2) is 0 Å². The van der Waals surface area contributed by atoms with Crippen molar-refractivity contribution in [2.75, 3.05) is 0 Å². The van der Waals surface area contributed by atoms with Gasteiger partial charge in [0.25, 0.3) is 0 Å². The van der Waals surface area contributed by atoms with Gasteiger partial charge in [-0.15, -0.1) is 0 Å². The minimum absolute atomic E-state index is 0.0203. The van der Waals surface area contributed by atoms with Gasteiger partial charge >= 0.3 is 0 Å². The lowest BCUT2D eigenvalue weighted by atomic mass is 9.91. The zero-order valence-electron chi connectivity index (χ0n) is 11.7. The Morgan fingerprint density at radius 3 is 2.35 bits per heavy atom. The highest BCUT2D eigenvalue weighted by molar-refractivity contribution is 6.30. The largest absolute Gasteiger partial charge is 0.409 e. The highest BCUT2D eigenvalue weighted by Crippen LogP contribution is 2.16. The average Bonchev–Trinajstić information content (AvgIpc) is 2.46. The third-order valence-electron chi connectivity index (χ3n) is 3.46. The first-order chi connectivity index (χ1) is 9.47. The lowest BCUT2D eigenvalue weighted by Crippen LogP contribution is -2.57. The first-order valence-corrected chi connectivity index (χ1v) is 6.88. The fraction of sp³-hybridized carbons (Fsp3) is 0.429. The van der Waals surface area contributed by atoms with Gasteiger partial charge in [0.15, 0.2) is 5.84 Å². The maximum atomic E-state index is 12.1. The summed E-state index contributed by atoms with van der Waals surface area (Å²) in [7, 11) is 0. The third-order valence-corrected chi connectivity index (χ3v) is 3.71. The highest BCUT2D eigenvalue weighted by atomic mass is 35.5. The molecule has 0 aliphatic rings. The molecule has 110 valence electrons. The number of hydrogen-bond donors (Lipinski definition) is 3. The summed E-state index contributed by atoms with van der Waals surface area (Å²) in [5.41, 5.74) is 5.75. The van der Waals surface area contributed by atoms with Crippen LogP contribution in [0.15, 0.2) is 29.4 Å². The first-order valence-electron chi connectivity index (χ1n) is 6.51. The molecule has 0 spiro atoms. The topological polar surface area (TPSA) is 87.7 Å². The number of rotatable bonds is 6. The van der Waals surface area contributed by atoms with Crippen molar-refractivity contribution in [1.29, 1.82) is 0 Å². The van der Waals surface area contributed by atoms with Crippen molar-refractivity contribution in [2.24, 2.45) is 10.9 Å². The van der Waals surface area contributed by atoms with Crippen LogP contribution in [0.25, 0.3) is 0 Å². The van der Waals surface area contributed by atoms with E-state index in [0.717, 1.165) is 5.56 Å². The first kappa shape index (κ1) is 16.3. The van der Waals surface area contributed by atoms with Gasteiger partial charge in [-0.1, -0.05) is 42.7 Å². The summed E-state index contributed by atoms with van der Waals surface area (Å²) in [6.45, 7) is 3.76. The van der Waals surface area contributed by atoms with Crippen molar-refractivity contribution < 1.29 is 10.0 Å². The summed E-state index contributed by atoms with van der Waals surface area (Å²) >= 11 is 5.80. The molecule has 1 aromatic rings. The van der Waals surface area contributed by atoms with Gasteiger partial charge in [0.1, 0.15) is 5.54 Å². The SMILES string of the molecule is CCC(CC)(NC(=O)Cc1ccc(Cl)cc1)/C(N)=N/O. The van der Waals surface area contributed by atoms with E-state index >= 15 is 0 Å². The van der Waals surface area contributed by atoms with Crippen molar-refractivity contribution in [3.63, 3.8) is 0 Å². The zero-order valence-corrected chi connectivity index (χ0v) is 12.4. The van der Waals surface area contributed by atoms with Crippen LogP contribution < -0.4 is 11.1 Å². The smallest absolute Gasteiger partial charge is 0.225 e. The second kappa shape index (κ2) is 7.14. The molecular weight excluding hydrogens is 278 g/mol.